The van der Waals surface area contributed by atoms with E-state index >= 15 is 0 Å². The fraction of sp³-hybridized carbons (Fsp3) is 0.357. The van der Waals surface area contributed by atoms with Crippen LogP contribution in [-0.4, -0.2) is 31.0 Å². The van der Waals surface area contributed by atoms with Gasteiger partial charge in [-0.15, -0.1) is 0 Å². The van der Waals surface area contributed by atoms with Crippen molar-refractivity contribution in [2.24, 2.45) is 0 Å². The molecule has 0 saturated heterocycles. The summed E-state index contributed by atoms with van der Waals surface area (Å²) in [5.74, 6) is 0.328. The maximum atomic E-state index is 12.3. The maximum Gasteiger partial charge on any atom is 0.251 e. The maximum absolute atomic E-state index is 12.3. The summed E-state index contributed by atoms with van der Waals surface area (Å²) in [5.41, 5.74) is 0.229. The number of hydrogen-bond acceptors (Lipinski definition) is 6. The van der Waals surface area contributed by atoms with Crippen molar-refractivity contribution in [2.45, 2.75) is 31.7 Å². The summed E-state index contributed by atoms with van der Waals surface area (Å²) in [6.45, 7) is 5.33. The summed E-state index contributed by atoms with van der Waals surface area (Å²) in [6.07, 6.45) is 0. The van der Waals surface area contributed by atoms with Crippen molar-refractivity contribution in [2.75, 3.05) is 6.54 Å². The van der Waals surface area contributed by atoms with Crippen molar-refractivity contribution < 1.29 is 17.7 Å². The Hall–Kier alpha value is -2.26. The van der Waals surface area contributed by atoms with Gasteiger partial charge >= 0.3 is 0 Å². The van der Waals surface area contributed by atoms with E-state index in [1.807, 2.05) is 0 Å². The first-order valence-corrected chi connectivity index (χ1v) is 8.52. The van der Waals surface area contributed by atoms with Gasteiger partial charge in [0.05, 0.1) is 4.90 Å². The number of nitrogens with zero attached hydrogens (tertiary/aromatic N) is 2. The van der Waals surface area contributed by atoms with Crippen molar-refractivity contribution in [3.63, 3.8) is 0 Å². The van der Waals surface area contributed by atoms with E-state index in [-0.39, 0.29) is 22.9 Å². The number of rotatable bonds is 6. The fourth-order valence-corrected chi connectivity index (χ4v) is 3.00. The average Bonchev–Trinajstić information content (AvgIpc) is 2.94. The molecule has 1 heterocycles. The average molecular weight is 338 g/mol. The topological polar surface area (TPSA) is 114 Å². The molecule has 0 bridgehead atoms. The quantitative estimate of drug-likeness (QED) is 0.817. The van der Waals surface area contributed by atoms with Gasteiger partial charge in [0.25, 0.3) is 5.91 Å². The molecule has 0 aliphatic carbocycles. The summed E-state index contributed by atoms with van der Waals surface area (Å²) in [6, 6.07) is 5.31. The van der Waals surface area contributed by atoms with Crippen LogP contribution in [0.2, 0.25) is 0 Å². The number of hydrogen-bond donors (Lipinski definition) is 2. The van der Waals surface area contributed by atoms with E-state index in [1.165, 1.54) is 24.3 Å². The molecule has 0 saturated carbocycles. The highest BCUT2D eigenvalue weighted by Crippen LogP contribution is 2.14. The number of aromatic nitrogens is 2. The SMILES string of the molecule is CCNS(=O)(=O)c1cccc(C(=O)NC(C)c2nc(C)no2)c1. The van der Waals surface area contributed by atoms with E-state index in [9.17, 15) is 13.2 Å². The Labute approximate surface area is 134 Å². The second-order valence-electron chi connectivity index (χ2n) is 4.90. The van der Waals surface area contributed by atoms with E-state index in [1.54, 1.807) is 20.8 Å². The van der Waals surface area contributed by atoms with Crippen LogP contribution in [-0.2, 0) is 10.0 Å². The molecule has 2 aromatic rings. The lowest BCUT2D eigenvalue weighted by molar-refractivity contribution is 0.0932. The molecule has 2 rings (SSSR count). The minimum atomic E-state index is -3.61. The van der Waals surface area contributed by atoms with Gasteiger partial charge in [-0.1, -0.05) is 18.1 Å². The van der Waals surface area contributed by atoms with E-state index in [4.69, 9.17) is 4.52 Å². The molecule has 1 amide bonds. The molecule has 0 fully saturated rings. The van der Waals surface area contributed by atoms with Crippen LogP contribution >= 0.6 is 0 Å². The van der Waals surface area contributed by atoms with Crippen molar-refractivity contribution in [3.05, 3.63) is 41.5 Å². The summed E-state index contributed by atoms with van der Waals surface area (Å²) in [5, 5.41) is 6.35. The molecular weight excluding hydrogens is 320 g/mol. The molecular formula is C14H18N4O4S. The molecule has 1 aromatic heterocycles. The van der Waals surface area contributed by atoms with Crippen molar-refractivity contribution >= 4 is 15.9 Å². The largest absolute Gasteiger partial charge is 0.341 e. The lowest BCUT2D eigenvalue weighted by atomic mass is 10.2. The third kappa shape index (κ3) is 4.14. The molecule has 1 aromatic carbocycles. The first-order chi connectivity index (χ1) is 10.8. The van der Waals surface area contributed by atoms with Gasteiger partial charge in [-0.3, -0.25) is 4.79 Å². The van der Waals surface area contributed by atoms with Crippen LogP contribution in [0.3, 0.4) is 0 Å². The third-order valence-corrected chi connectivity index (χ3v) is 4.55. The number of carbonyl (C=O) groups excluding carboxylic acids is 1. The smallest absolute Gasteiger partial charge is 0.251 e. The zero-order valence-electron chi connectivity index (χ0n) is 13.0. The number of nitrogens with one attached hydrogen (secondary N) is 2. The molecule has 1 atom stereocenters. The summed E-state index contributed by atoms with van der Waals surface area (Å²) in [4.78, 5) is 16.3. The van der Waals surface area contributed by atoms with Crippen LogP contribution in [0.1, 0.15) is 42.0 Å². The third-order valence-electron chi connectivity index (χ3n) is 3.00. The number of benzene rings is 1. The highest BCUT2D eigenvalue weighted by atomic mass is 32.2. The van der Waals surface area contributed by atoms with E-state index in [2.05, 4.69) is 20.2 Å². The van der Waals surface area contributed by atoms with Gasteiger partial charge in [0.2, 0.25) is 15.9 Å². The predicted octanol–water partition coefficient (Wildman–Crippen LogP) is 1.17. The van der Waals surface area contributed by atoms with Crippen LogP contribution in [0.4, 0.5) is 0 Å². The van der Waals surface area contributed by atoms with Gasteiger partial charge in [0.1, 0.15) is 6.04 Å². The number of amides is 1. The molecule has 23 heavy (non-hydrogen) atoms. The molecule has 0 aliphatic rings. The highest BCUT2D eigenvalue weighted by Gasteiger charge is 2.19. The Morgan fingerprint density at radius 1 is 1.39 bits per heavy atom. The van der Waals surface area contributed by atoms with Crippen LogP contribution in [0.5, 0.6) is 0 Å². The van der Waals surface area contributed by atoms with Gasteiger partial charge in [0, 0.05) is 12.1 Å². The van der Waals surface area contributed by atoms with Crippen molar-refractivity contribution in [3.8, 4) is 0 Å². The van der Waals surface area contributed by atoms with Gasteiger partial charge in [0.15, 0.2) is 5.82 Å². The zero-order valence-corrected chi connectivity index (χ0v) is 13.8. The molecule has 2 N–H and O–H groups in total. The highest BCUT2D eigenvalue weighted by molar-refractivity contribution is 7.89. The van der Waals surface area contributed by atoms with E-state index in [0.29, 0.717) is 5.82 Å². The molecule has 0 aliphatic heterocycles. The van der Waals surface area contributed by atoms with Gasteiger partial charge in [-0.05, 0) is 32.0 Å². The monoisotopic (exact) mass is 338 g/mol. The Morgan fingerprint density at radius 2 is 2.13 bits per heavy atom. The first kappa shape index (κ1) is 17.1. The molecule has 8 nitrogen and oxygen atoms in total. The van der Waals surface area contributed by atoms with Crippen molar-refractivity contribution in [1.29, 1.82) is 0 Å². The Morgan fingerprint density at radius 3 is 2.74 bits per heavy atom. The van der Waals surface area contributed by atoms with Crippen LogP contribution < -0.4 is 10.0 Å². The summed E-state index contributed by atoms with van der Waals surface area (Å²) >= 11 is 0. The normalized spacial score (nSPS) is 12.8. The minimum absolute atomic E-state index is 0.0355. The van der Waals surface area contributed by atoms with Crippen LogP contribution in [0, 0.1) is 6.92 Å². The Kier molecular flexibility index (Phi) is 5.12. The standard InChI is InChI=1S/C14H18N4O4S/c1-4-15-23(20,21)12-7-5-6-11(8-12)13(19)16-9(2)14-17-10(3)18-22-14/h5-9,15H,4H2,1-3H3,(H,16,19). The molecule has 0 radical (unpaired) electrons. The number of sulfonamides is 1. The van der Waals surface area contributed by atoms with Crippen LogP contribution in [0.15, 0.2) is 33.7 Å². The predicted molar refractivity (Wildman–Crippen MR) is 82.2 cm³/mol. The summed E-state index contributed by atoms with van der Waals surface area (Å²) in [7, 11) is -3.61. The van der Waals surface area contributed by atoms with Crippen molar-refractivity contribution in [1.82, 2.24) is 20.2 Å². The fourth-order valence-electron chi connectivity index (χ4n) is 1.91. The molecule has 9 heteroatoms. The molecule has 124 valence electrons. The Bertz CT molecular complexity index is 801. The zero-order chi connectivity index (χ0) is 17.0. The second kappa shape index (κ2) is 6.88. The Balaban J connectivity index is 2.17. The number of carbonyl (C=O) groups is 1. The summed E-state index contributed by atoms with van der Waals surface area (Å²) < 4.78 is 31.3. The minimum Gasteiger partial charge on any atom is -0.341 e. The van der Waals surface area contributed by atoms with Gasteiger partial charge in [-0.25, -0.2) is 13.1 Å². The molecule has 0 spiro atoms. The van der Waals surface area contributed by atoms with Gasteiger partial charge < -0.3 is 9.84 Å². The van der Waals surface area contributed by atoms with Crippen LogP contribution in [0.25, 0.3) is 0 Å². The van der Waals surface area contributed by atoms with E-state index < -0.39 is 22.0 Å². The van der Waals surface area contributed by atoms with E-state index in [0.717, 1.165) is 0 Å². The lowest BCUT2D eigenvalue weighted by Crippen LogP contribution is -2.27. The first-order valence-electron chi connectivity index (χ1n) is 7.04. The van der Waals surface area contributed by atoms with Gasteiger partial charge in [-0.2, -0.15) is 4.98 Å². The second-order valence-corrected chi connectivity index (χ2v) is 6.67. The lowest BCUT2D eigenvalue weighted by Gasteiger charge is -2.11. The number of aryl methyl sites for hydroxylation is 1. The molecule has 1 unspecified atom stereocenters.